The number of sulfonamides is 1. The van der Waals surface area contributed by atoms with Gasteiger partial charge >= 0.3 is 0 Å². The highest BCUT2D eigenvalue weighted by molar-refractivity contribution is 7.89. The van der Waals surface area contributed by atoms with Crippen LogP contribution < -0.4 is 10.5 Å². The lowest BCUT2D eigenvalue weighted by Gasteiger charge is -2.16. The van der Waals surface area contributed by atoms with Gasteiger partial charge in [0, 0.05) is 13.1 Å². The summed E-state index contributed by atoms with van der Waals surface area (Å²) in [7, 11) is -3.56. The van der Waals surface area contributed by atoms with E-state index in [4.69, 9.17) is 10.5 Å². The van der Waals surface area contributed by atoms with Crippen LogP contribution in [0.15, 0.2) is 23.1 Å². The predicted octanol–water partition coefficient (Wildman–Crippen LogP) is 0.969. The van der Waals surface area contributed by atoms with E-state index in [-0.39, 0.29) is 10.5 Å². The summed E-state index contributed by atoms with van der Waals surface area (Å²) in [6.45, 7) is 3.18. The summed E-state index contributed by atoms with van der Waals surface area (Å²) < 4.78 is 31.5. The maximum absolute atomic E-state index is 12.4. The first-order valence-electron chi connectivity index (χ1n) is 6.53. The third-order valence-electron chi connectivity index (χ3n) is 3.22. The van der Waals surface area contributed by atoms with Crippen LogP contribution in [0.1, 0.15) is 30.1 Å². The highest BCUT2D eigenvalue weighted by atomic mass is 32.2. The molecule has 0 aliphatic carbocycles. The van der Waals surface area contributed by atoms with E-state index in [1.165, 1.54) is 22.5 Å². The van der Waals surface area contributed by atoms with Gasteiger partial charge in [-0.2, -0.15) is 4.31 Å². The molecule has 1 fully saturated rings. The molecule has 0 spiro atoms. The summed E-state index contributed by atoms with van der Waals surface area (Å²) in [6, 6.07) is 4.22. The Hall–Kier alpha value is -1.60. The largest absolute Gasteiger partial charge is 0.493 e. The van der Waals surface area contributed by atoms with Crippen LogP contribution >= 0.6 is 0 Å². The number of hydrogen-bond acceptors (Lipinski definition) is 4. The van der Waals surface area contributed by atoms with Crippen molar-refractivity contribution in [1.29, 1.82) is 0 Å². The molecule has 1 aliphatic rings. The van der Waals surface area contributed by atoms with E-state index >= 15 is 0 Å². The lowest BCUT2D eigenvalue weighted by Crippen LogP contribution is -2.28. The number of carbonyl (C=O) groups excluding carboxylic acids is 1. The van der Waals surface area contributed by atoms with Crippen LogP contribution in [0.3, 0.4) is 0 Å². The van der Waals surface area contributed by atoms with Gasteiger partial charge in [-0.15, -0.1) is 0 Å². The maximum atomic E-state index is 12.4. The number of nitrogens with two attached hydrogens (primary N) is 1. The Morgan fingerprint density at radius 2 is 2.00 bits per heavy atom. The van der Waals surface area contributed by atoms with Crippen molar-refractivity contribution in [3.05, 3.63) is 23.8 Å². The zero-order valence-corrected chi connectivity index (χ0v) is 12.1. The number of amides is 1. The highest BCUT2D eigenvalue weighted by Crippen LogP contribution is 2.26. The van der Waals surface area contributed by atoms with Gasteiger partial charge in [0.15, 0.2) is 0 Å². The van der Waals surface area contributed by atoms with E-state index in [0.29, 0.717) is 25.4 Å². The molecule has 1 heterocycles. The average molecular weight is 298 g/mol. The SMILES string of the molecule is CCOc1ccc(S(=O)(=O)N2CCCC2)cc1C(N)=O. The zero-order chi connectivity index (χ0) is 14.8. The van der Waals surface area contributed by atoms with Crippen LogP contribution in [-0.4, -0.2) is 38.3 Å². The number of benzene rings is 1. The molecule has 0 bridgehead atoms. The normalized spacial score (nSPS) is 16.2. The van der Waals surface area contributed by atoms with Crippen molar-refractivity contribution in [3.63, 3.8) is 0 Å². The minimum atomic E-state index is -3.56. The second-order valence-electron chi connectivity index (χ2n) is 4.57. The van der Waals surface area contributed by atoms with E-state index < -0.39 is 15.9 Å². The molecule has 0 aromatic heterocycles. The summed E-state index contributed by atoms with van der Waals surface area (Å²) in [6.07, 6.45) is 1.72. The van der Waals surface area contributed by atoms with Crippen molar-refractivity contribution in [3.8, 4) is 5.75 Å². The van der Waals surface area contributed by atoms with Gasteiger partial charge in [-0.3, -0.25) is 4.79 Å². The topological polar surface area (TPSA) is 89.7 Å². The van der Waals surface area contributed by atoms with E-state index in [9.17, 15) is 13.2 Å². The summed E-state index contributed by atoms with van der Waals surface area (Å²) in [4.78, 5) is 11.5. The minimum Gasteiger partial charge on any atom is -0.493 e. The molecule has 0 radical (unpaired) electrons. The van der Waals surface area contributed by atoms with Crippen LogP contribution in [0.25, 0.3) is 0 Å². The fourth-order valence-corrected chi connectivity index (χ4v) is 3.76. The Morgan fingerprint density at radius 3 is 2.55 bits per heavy atom. The number of carbonyl (C=O) groups is 1. The van der Waals surface area contributed by atoms with Gasteiger partial charge in [0.1, 0.15) is 5.75 Å². The molecule has 2 rings (SSSR count). The first-order chi connectivity index (χ1) is 9.46. The summed E-state index contributed by atoms with van der Waals surface area (Å²) >= 11 is 0. The Labute approximate surface area is 118 Å². The van der Waals surface area contributed by atoms with Crippen LogP contribution in [0.2, 0.25) is 0 Å². The van der Waals surface area contributed by atoms with Gasteiger partial charge in [-0.05, 0) is 38.0 Å². The maximum Gasteiger partial charge on any atom is 0.252 e. The molecule has 110 valence electrons. The molecule has 20 heavy (non-hydrogen) atoms. The monoisotopic (exact) mass is 298 g/mol. The van der Waals surface area contributed by atoms with Gasteiger partial charge in [0.2, 0.25) is 10.0 Å². The summed E-state index contributed by atoms with van der Waals surface area (Å²) in [5.41, 5.74) is 5.37. The summed E-state index contributed by atoms with van der Waals surface area (Å²) in [5.74, 6) is -0.396. The van der Waals surface area contributed by atoms with Crippen molar-refractivity contribution >= 4 is 15.9 Å². The fourth-order valence-electron chi connectivity index (χ4n) is 2.22. The lowest BCUT2D eigenvalue weighted by atomic mass is 10.2. The van der Waals surface area contributed by atoms with Crippen molar-refractivity contribution in [2.24, 2.45) is 5.73 Å². The summed E-state index contributed by atoms with van der Waals surface area (Å²) in [5, 5.41) is 0. The number of hydrogen-bond donors (Lipinski definition) is 1. The van der Waals surface area contributed by atoms with Crippen molar-refractivity contribution in [2.45, 2.75) is 24.7 Å². The van der Waals surface area contributed by atoms with Crippen LogP contribution in [-0.2, 0) is 10.0 Å². The minimum absolute atomic E-state index is 0.0802. The Balaban J connectivity index is 2.42. The van der Waals surface area contributed by atoms with Gasteiger partial charge in [-0.1, -0.05) is 0 Å². The molecule has 0 saturated carbocycles. The van der Waals surface area contributed by atoms with Crippen LogP contribution in [0.5, 0.6) is 5.75 Å². The third kappa shape index (κ3) is 2.78. The van der Waals surface area contributed by atoms with Gasteiger partial charge in [0.25, 0.3) is 5.91 Å². The molecule has 1 aromatic carbocycles. The van der Waals surface area contributed by atoms with Crippen molar-refractivity contribution in [1.82, 2.24) is 4.31 Å². The van der Waals surface area contributed by atoms with Gasteiger partial charge in [-0.25, -0.2) is 8.42 Å². The second-order valence-corrected chi connectivity index (χ2v) is 6.50. The Bertz CT molecular complexity index is 607. The predicted molar refractivity (Wildman–Crippen MR) is 74.1 cm³/mol. The van der Waals surface area contributed by atoms with E-state index in [1.54, 1.807) is 6.92 Å². The molecule has 1 saturated heterocycles. The molecule has 0 unspecified atom stereocenters. The van der Waals surface area contributed by atoms with Crippen LogP contribution in [0.4, 0.5) is 0 Å². The van der Waals surface area contributed by atoms with Crippen molar-refractivity contribution in [2.75, 3.05) is 19.7 Å². The first-order valence-corrected chi connectivity index (χ1v) is 7.97. The molecular formula is C13H18N2O4S. The molecule has 1 amide bonds. The van der Waals surface area contributed by atoms with E-state index in [2.05, 4.69) is 0 Å². The van der Waals surface area contributed by atoms with Crippen LogP contribution in [0, 0.1) is 0 Å². The Kier molecular flexibility index (Phi) is 4.29. The van der Waals surface area contributed by atoms with E-state index in [0.717, 1.165) is 12.8 Å². The lowest BCUT2D eigenvalue weighted by molar-refractivity contribution is 0.0996. The molecule has 6 nitrogen and oxygen atoms in total. The second kappa shape index (κ2) is 5.80. The molecular weight excluding hydrogens is 280 g/mol. The number of nitrogens with zero attached hydrogens (tertiary/aromatic N) is 1. The number of rotatable bonds is 5. The zero-order valence-electron chi connectivity index (χ0n) is 11.3. The molecule has 7 heteroatoms. The van der Waals surface area contributed by atoms with Crippen molar-refractivity contribution < 1.29 is 17.9 Å². The molecule has 1 aromatic rings. The molecule has 0 atom stereocenters. The molecule has 1 aliphatic heterocycles. The number of ether oxygens (including phenoxy) is 1. The first kappa shape index (κ1) is 14.8. The third-order valence-corrected chi connectivity index (χ3v) is 5.11. The van der Waals surface area contributed by atoms with E-state index in [1.807, 2.05) is 0 Å². The fraction of sp³-hybridized carbons (Fsp3) is 0.462. The van der Waals surface area contributed by atoms with Gasteiger partial charge < -0.3 is 10.5 Å². The molecule has 2 N–H and O–H groups in total. The standard InChI is InChI=1S/C13H18N2O4S/c1-2-19-12-6-5-10(9-11(12)13(14)16)20(17,18)15-7-3-4-8-15/h5-6,9H,2-4,7-8H2,1H3,(H2,14,16). The van der Waals surface area contributed by atoms with Gasteiger partial charge in [0.05, 0.1) is 17.1 Å². The smallest absolute Gasteiger partial charge is 0.252 e. The average Bonchev–Trinajstić information content (AvgIpc) is 2.93. The quantitative estimate of drug-likeness (QED) is 0.877. The number of primary amides is 1. The Morgan fingerprint density at radius 1 is 1.35 bits per heavy atom. The highest BCUT2D eigenvalue weighted by Gasteiger charge is 2.28.